The lowest BCUT2D eigenvalue weighted by Crippen LogP contribution is -3.05. The van der Waals surface area contributed by atoms with Gasteiger partial charge in [-0.2, -0.15) is 0 Å². The average molecular weight is 347 g/mol. The molecule has 0 aliphatic rings. The van der Waals surface area contributed by atoms with E-state index in [0.717, 1.165) is 29.5 Å². The molecule has 0 spiro atoms. The molecule has 2 N–H and O–H groups in total. The lowest BCUT2D eigenvalue weighted by molar-refractivity contribution is -0.858. The van der Waals surface area contributed by atoms with E-state index in [1.165, 1.54) is 4.90 Å². The van der Waals surface area contributed by atoms with Crippen LogP contribution in [-0.4, -0.2) is 39.7 Å². The van der Waals surface area contributed by atoms with Gasteiger partial charge in [0.05, 0.1) is 26.0 Å². The van der Waals surface area contributed by atoms with E-state index in [1.807, 2.05) is 19.9 Å². The Morgan fingerprint density at radius 1 is 1.20 bits per heavy atom. The summed E-state index contributed by atoms with van der Waals surface area (Å²) in [5, 5.41) is 3.60. The van der Waals surface area contributed by atoms with E-state index in [9.17, 15) is 9.59 Å². The maximum atomic E-state index is 12.0. The molecule has 2 rings (SSSR count). The van der Waals surface area contributed by atoms with Crippen molar-refractivity contribution < 1.29 is 18.8 Å². The van der Waals surface area contributed by atoms with Crippen molar-refractivity contribution in [2.45, 2.75) is 27.2 Å². The van der Waals surface area contributed by atoms with E-state index in [2.05, 4.69) is 19.4 Å². The van der Waals surface area contributed by atoms with E-state index >= 15 is 0 Å². The fourth-order valence-corrected chi connectivity index (χ4v) is 2.67. The molecule has 0 bridgehead atoms. The fraction of sp³-hybridized carbons (Fsp3) is 0.474. The quantitative estimate of drug-likeness (QED) is 0.573. The molecule has 0 aliphatic carbocycles. The molecule has 1 aromatic carbocycles. The van der Waals surface area contributed by atoms with Crippen LogP contribution in [0.25, 0.3) is 11.0 Å². The minimum atomic E-state index is -0.345. The van der Waals surface area contributed by atoms with Crippen LogP contribution in [0.5, 0.6) is 5.75 Å². The Balaban J connectivity index is 2.12. The monoisotopic (exact) mass is 347 g/mol. The minimum absolute atomic E-state index is 0.0645. The average Bonchev–Trinajstić information content (AvgIpc) is 2.54. The number of hydrogen-bond donors (Lipinski definition) is 2. The van der Waals surface area contributed by atoms with E-state index in [-0.39, 0.29) is 18.1 Å². The van der Waals surface area contributed by atoms with Crippen molar-refractivity contribution in [3.05, 3.63) is 39.2 Å². The van der Waals surface area contributed by atoms with E-state index in [0.29, 0.717) is 23.4 Å². The maximum Gasteiger partial charge on any atom is 0.339 e. The van der Waals surface area contributed by atoms with Crippen LogP contribution in [0, 0.1) is 20.8 Å². The van der Waals surface area contributed by atoms with E-state index in [4.69, 9.17) is 9.15 Å². The lowest BCUT2D eigenvalue weighted by atomic mass is 10.0. The van der Waals surface area contributed by atoms with Crippen molar-refractivity contribution in [1.82, 2.24) is 5.32 Å². The molecule has 6 nitrogen and oxygen atoms in total. The second kappa shape index (κ2) is 8.16. The number of fused-ring (bicyclic) bond motifs is 1. The zero-order valence-electron chi connectivity index (χ0n) is 15.6. The van der Waals surface area contributed by atoms with Gasteiger partial charge < -0.3 is 19.4 Å². The summed E-state index contributed by atoms with van der Waals surface area (Å²) in [6.45, 7) is 7.05. The van der Waals surface area contributed by atoms with Crippen molar-refractivity contribution in [2.75, 3.05) is 33.8 Å². The SMILES string of the molecule is Cc1cc(OCC(=O)NCCC[NH+](C)C)c2c(C)c(C)c(=O)oc2c1. The predicted molar refractivity (Wildman–Crippen MR) is 97.5 cm³/mol. The Hall–Kier alpha value is -2.34. The summed E-state index contributed by atoms with van der Waals surface area (Å²) in [6.07, 6.45) is 0.922. The number of nitrogens with one attached hydrogen (secondary N) is 2. The number of benzene rings is 1. The zero-order chi connectivity index (χ0) is 18.6. The Kier molecular flexibility index (Phi) is 6.20. The molecule has 1 heterocycles. The summed E-state index contributed by atoms with van der Waals surface area (Å²) < 4.78 is 11.1. The van der Waals surface area contributed by atoms with Gasteiger partial charge >= 0.3 is 5.63 Å². The van der Waals surface area contributed by atoms with Crippen LogP contribution >= 0.6 is 0 Å². The number of carbonyl (C=O) groups is 1. The number of amides is 1. The van der Waals surface area contributed by atoms with Crippen molar-refractivity contribution in [1.29, 1.82) is 0 Å². The summed E-state index contributed by atoms with van der Waals surface area (Å²) in [7, 11) is 4.16. The first-order chi connectivity index (χ1) is 11.8. The van der Waals surface area contributed by atoms with Crippen molar-refractivity contribution in [3.8, 4) is 5.75 Å². The Morgan fingerprint density at radius 3 is 2.60 bits per heavy atom. The van der Waals surface area contributed by atoms with Crippen LogP contribution in [0.1, 0.15) is 23.1 Å². The summed E-state index contributed by atoms with van der Waals surface area (Å²) in [5.41, 5.74) is 2.41. The summed E-state index contributed by atoms with van der Waals surface area (Å²) in [5.74, 6) is 0.405. The number of hydrogen-bond acceptors (Lipinski definition) is 4. The molecule has 6 heteroatoms. The minimum Gasteiger partial charge on any atom is -0.483 e. The first kappa shape index (κ1) is 19.0. The third-order valence-corrected chi connectivity index (χ3v) is 4.19. The normalized spacial score (nSPS) is 11.1. The molecular formula is C19H27N2O4+. The highest BCUT2D eigenvalue weighted by Gasteiger charge is 2.14. The summed E-state index contributed by atoms with van der Waals surface area (Å²) >= 11 is 0. The number of rotatable bonds is 7. The Bertz CT molecular complexity index is 824. The molecule has 1 amide bonds. The number of quaternary nitrogens is 1. The van der Waals surface area contributed by atoms with Gasteiger partial charge in [0.1, 0.15) is 11.3 Å². The highest BCUT2D eigenvalue weighted by atomic mass is 16.5. The van der Waals surface area contributed by atoms with Gasteiger partial charge in [-0.3, -0.25) is 4.79 Å². The van der Waals surface area contributed by atoms with Gasteiger partial charge in [0.15, 0.2) is 6.61 Å². The number of ether oxygens (including phenoxy) is 1. The molecular weight excluding hydrogens is 320 g/mol. The van der Waals surface area contributed by atoms with Crippen LogP contribution in [0.4, 0.5) is 0 Å². The van der Waals surface area contributed by atoms with Gasteiger partial charge in [-0.25, -0.2) is 4.79 Å². The third-order valence-electron chi connectivity index (χ3n) is 4.19. The van der Waals surface area contributed by atoms with Gasteiger partial charge in [-0.1, -0.05) is 0 Å². The smallest absolute Gasteiger partial charge is 0.339 e. The Morgan fingerprint density at radius 2 is 1.92 bits per heavy atom. The molecule has 136 valence electrons. The Labute approximate surface area is 147 Å². The second-order valence-corrected chi connectivity index (χ2v) is 6.73. The van der Waals surface area contributed by atoms with Crippen LogP contribution in [0.15, 0.2) is 21.3 Å². The molecule has 1 aromatic heterocycles. The van der Waals surface area contributed by atoms with Crippen molar-refractivity contribution in [3.63, 3.8) is 0 Å². The highest BCUT2D eigenvalue weighted by molar-refractivity contribution is 5.88. The van der Waals surface area contributed by atoms with Crippen LogP contribution in [0.2, 0.25) is 0 Å². The summed E-state index contributed by atoms with van der Waals surface area (Å²) in [4.78, 5) is 25.2. The van der Waals surface area contributed by atoms with Gasteiger partial charge in [0.2, 0.25) is 0 Å². The molecule has 2 aromatic rings. The largest absolute Gasteiger partial charge is 0.483 e. The van der Waals surface area contributed by atoms with Crippen molar-refractivity contribution in [2.24, 2.45) is 0 Å². The van der Waals surface area contributed by atoms with Gasteiger partial charge in [-0.15, -0.1) is 0 Å². The highest BCUT2D eigenvalue weighted by Crippen LogP contribution is 2.30. The first-order valence-electron chi connectivity index (χ1n) is 8.52. The molecule has 25 heavy (non-hydrogen) atoms. The van der Waals surface area contributed by atoms with Crippen LogP contribution in [-0.2, 0) is 4.79 Å². The number of aryl methyl sites for hydroxylation is 2. The van der Waals surface area contributed by atoms with Gasteiger partial charge in [0.25, 0.3) is 5.91 Å². The lowest BCUT2D eigenvalue weighted by Gasteiger charge is -2.13. The first-order valence-corrected chi connectivity index (χ1v) is 8.52. The molecule has 0 saturated heterocycles. The van der Waals surface area contributed by atoms with Crippen molar-refractivity contribution >= 4 is 16.9 Å². The molecule has 0 aliphatic heterocycles. The van der Waals surface area contributed by atoms with Crippen LogP contribution in [0.3, 0.4) is 0 Å². The molecule has 0 atom stereocenters. The van der Waals surface area contributed by atoms with E-state index in [1.54, 1.807) is 13.0 Å². The van der Waals surface area contributed by atoms with Gasteiger partial charge in [0, 0.05) is 18.5 Å². The molecule has 0 unspecified atom stereocenters. The predicted octanol–water partition coefficient (Wildman–Crippen LogP) is 0.748. The standard InChI is InChI=1S/C19H26N2O4/c1-12-9-15(24-11-17(22)20-7-6-8-21(4)5)18-13(2)14(3)19(23)25-16(18)10-12/h9-10H,6-8,11H2,1-5H3,(H,20,22)/p+1. The fourth-order valence-electron chi connectivity index (χ4n) is 2.67. The molecule has 0 fully saturated rings. The van der Waals surface area contributed by atoms with Gasteiger partial charge in [-0.05, 0) is 44.0 Å². The third kappa shape index (κ3) is 4.82. The topological polar surface area (TPSA) is 73.0 Å². The second-order valence-electron chi connectivity index (χ2n) is 6.73. The summed E-state index contributed by atoms with van der Waals surface area (Å²) in [6, 6.07) is 3.66. The van der Waals surface area contributed by atoms with Crippen LogP contribution < -0.4 is 20.6 Å². The van der Waals surface area contributed by atoms with E-state index < -0.39 is 0 Å². The molecule has 0 radical (unpaired) electrons. The zero-order valence-corrected chi connectivity index (χ0v) is 15.6. The maximum absolute atomic E-state index is 12.0. The number of carbonyl (C=O) groups excluding carboxylic acids is 1. The molecule has 0 saturated carbocycles.